The van der Waals surface area contributed by atoms with Gasteiger partial charge in [-0.3, -0.25) is 10.1 Å². The smallest absolute Gasteiger partial charge is 0.408 e. The summed E-state index contributed by atoms with van der Waals surface area (Å²) < 4.78 is 11.2. The number of fused-ring (bicyclic) bond motifs is 1. The van der Waals surface area contributed by atoms with Crippen molar-refractivity contribution >= 4 is 28.9 Å². The fourth-order valence-electron chi connectivity index (χ4n) is 4.22. The molecule has 3 aromatic rings. The lowest BCUT2D eigenvalue weighted by Gasteiger charge is -2.11. The fraction of sp³-hybridized carbons (Fsp3) is 0.367. The number of hydrogen-bond acceptors (Lipinski definition) is 6. The van der Waals surface area contributed by atoms with Crippen LogP contribution in [-0.2, 0) is 6.42 Å². The number of unbranched alkanes of at least 4 members (excludes halogenated alkanes) is 3. The summed E-state index contributed by atoms with van der Waals surface area (Å²) >= 11 is 0. The number of carbonyl (C=O) groups excluding carboxylic acids is 1. The third-order valence-corrected chi connectivity index (χ3v) is 6.39. The summed E-state index contributed by atoms with van der Waals surface area (Å²) in [6, 6.07) is 9.22. The van der Waals surface area contributed by atoms with Crippen LogP contribution < -0.4 is 10.9 Å². The molecule has 202 valence electrons. The van der Waals surface area contributed by atoms with E-state index in [0.29, 0.717) is 24.2 Å². The van der Waals surface area contributed by atoms with Gasteiger partial charge < -0.3 is 19.0 Å². The van der Waals surface area contributed by atoms with Crippen LogP contribution in [0.2, 0.25) is 0 Å². The molecular weight excluding hydrogens is 486 g/mol. The number of aromatic hydroxyl groups is 1. The fourth-order valence-corrected chi connectivity index (χ4v) is 4.22. The van der Waals surface area contributed by atoms with Crippen LogP contribution in [0.3, 0.4) is 0 Å². The van der Waals surface area contributed by atoms with Crippen molar-refractivity contribution in [2.24, 2.45) is 0 Å². The van der Waals surface area contributed by atoms with Crippen molar-refractivity contribution in [1.29, 1.82) is 0 Å². The Kier molecular flexibility index (Phi) is 10.1. The maximum atomic E-state index is 13.0. The number of ketones is 1. The Balaban J connectivity index is 1.71. The predicted octanol–water partition coefficient (Wildman–Crippen LogP) is 7.17. The van der Waals surface area contributed by atoms with E-state index in [-0.39, 0.29) is 17.3 Å². The molecule has 0 saturated carbocycles. The largest absolute Gasteiger partial charge is 0.507 e. The number of benzene rings is 1. The first-order chi connectivity index (χ1) is 18.2. The SMILES string of the molecule is CCCCCCc1ccc2oc(C=C(C)C(=O)c3c(O)cc(C(C)CCC=CNC(=O)O)oc3=O)cc2c1. The number of hydrogen-bond donors (Lipinski definition) is 3. The summed E-state index contributed by atoms with van der Waals surface area (Å²) in [4.78, 5) is 36.1. The number of carboxylic acid groups (broad SMARTS) is 1. The number of allylic oxidation sites excluding steroid dienone is 2. The molecule has 0 bridgehead atoms. The zero-order valence-corrected chi connectivity index (χ0v) is 22.1. The molecule has 38 heavy (non-hydrogen) atoms. The van der Waals surface area contributed by atoms with E-state index in [1.807, 2.05) is 12.1 Å². The Morgan fingerprint density at radius 3 is 2.61 bits per heavy atom. The van der Waals surface area contributed by atoms with Gasteiger partial charge in [-0.25, -0.2) is 9.59 Å². The minimum atomic E-state index is -1.16. The van der Waals surface area contributed by atoms with E-state index in [2.05, 4.69) is 24.4 Å². The normalized spacial score (nSPS) is 12.8. The first-order valence-corrected chi connectivity index (χ1v) is 13.0. The van der Waals surface area contributed by atoms with Crippen molar-refractivity contribution in [3.8, 4) is 5.75 Å². The molecular formula is C30H35NO7. The minimum absolute atomic E-state index is 0.225. The maximum Gasteiger partial charge on any atom is 0.408 e. The lowest BCUT2D eigenvalue weighted by atomic mass is 9.99. The average molecular weight is 522 g/mol. The standard InChI is InChI=1S/C30H35NO7/c1-4-5-6-7-11-21-12-13-25-22(16-21)17-23(37-25)15-20(3)28(33)27-24(32)18-26(38-29(27)34)19(2)10-8-9-14-31-30(35)36/h9,12-19,31-32H,4-8,10-11H2,1-3H3,(H,35,36). The van der Waals surface area contributed by atoms with Crippen LogP contribution in [0.1, 0.15) is 92.7 Å². The molecule has 0 radical (unpaired) electrons. The maximum absolute atomic E-state index is 13.0. The molecule has 1 atom stereocenters. The Hall–Kier alpha value is -4.07. The second-order valence-electron chi connectivity index (χ2n) is 9.51. The Morgan fingerprint density at radius 1 is 1.11 bits per heavy atom. The van der Waals surface area contributed by atoms with Crippen molar-refractivity contribution in [1.82, 2.24) is 5.32 Å². The molecule has 2 aromatic heterocycles. The van der Waals surface area contributed by atoms with E-state index in [9.17, 15) is 19.5 Å². The van der Waals surface area contributed by atoms with Crippen LogP contribution in [0, 0.1) is 0 Å². The zero-order chi connectivity index (χ0) is 27.7. The van der Waals surface area contributed by atoms with E-state index < -0.39 is 28.8 Å². The molecule has 0 aliphatic carbocycles. The van der Waals surface area contributed by atoms with Crippen LogP contribution in [0.25, 0.3) is 17.0 Å². The van der Waals surface area contributed by atoms with Gasteiger partial charge in [0.25, 0.3) is 0 Å². The summed E-state index contributed by atoms with van der Waals surface area (Å²) in [6.07, 6.45) is 10.2. The van der Waals surface area contributed by atoms with Gasteiger partial charge in [-0.2, -0.15) is 0 Å². The molecule has 0 aliphatic heterocycles. The number of aryl methyl sites for hydroxylation is 1. The highest BCUT2D eigenvalue weighted by atomic mass is 16.4. The van der Waals surface area contributed by atoms with E-state index in [0.717, 1.165) is 18.2 Å². The monoisotopic (exact) mass is 521 g/mol. The van der Waals surface area contributed by atoms with Gasteiger partial charge in [0.05, 0.1) is 0 Å². The molecule has 2 heterocycles. The van der Waals surface area contributed by atoms with Gasteiger partial charge in [0.2, 0.25) is 0 Å². The predicted molar refractivity (Wildman–Crippen MR) is 147 cm³/mol. The Bertz CT molecular complexity index is 1390. The van der Waals surface area contributed by atoms with E-state index >= 15 is 0 Å². The molecule has 8 heteroatoms. The molecule has 0 spiro atoms. The summed E-state index contributed by atoms with van der Waals surface area (Å²) in [6.45, 7) is 5.55. The van der Waals surface area contributed by atoms with Crippen LogP contribution in [0.5, 0.6) is 5.75 Å². The molecule has 1 aromatic carbocycles. The number of Topliss-reactive ketones (excluding diaryl/α,β-unsaturated/α-hetero) is 1. The highest BCUT2D eigenvalue weighted by Crippen LogP contribution is 2.27. The first kappa shape index (κ1) is 28.5. The zero-order valence-electron chi connectivity index (χ0n) is 22.1. The van der Waals surface area contributed by atoms with Gasteiger partial charge in [-0.15, -0.1) is 0 Å². The third-order valence-electron chi connectivity index (χ3n) is 6.39. The van der Waals surface area contributed by atoms with Crippen molar-refractivity contribution in [2.75, 3.05) is 0 Å². The Labute approximate surface area is 221 Å². The Morgan fingerprint density at radius 2 is 1.89 bits per heavy atom. The van der Waals surface area contributed by atoms with Crippen molar-refractivity contribution in [3.63, 3.8) is 0 Å². The molecule has 0 saturated heterocycles. The van der Waals surface area contributed by atoms with Gasteiger partial charge >= 0.3 is 11.7 Å². The van der Waals surface area contributed by atoms with E-state index in [1.54, 1.807) is 26.0 Å². The summed E-state index contributed by atoms with van der Waals surface area (Å²) in [5, 5.41) is 22.1. The van der Waals surface area contributed by atoms with E-state index in [4.69, 9.17) is 13.9 Å². The molecule has 3 N–H and O–H groups in total. The summed E-state index contributed by atoms with van der Waals surface area (Å²) in [5.74, 6) is -0.603. The summed E-state index contributed by atoms with van der Waals surface area (Å²) in [5.41, 5.74) is 0.838. The number of amides is 1. The molecule has 1 amide bonds. The molecule has 8 nitrogen and oxygen atoms in total. The average Bonchev–Trinajstić information content (AvgIpc) is 3.27. The van der Waals surface area contributed by atoms with Crippen molar-refractivity contribution in [2.45, 2.75) is 71.6 Å². The quantitative estimate of drug-likeness (QED) is 0.123. The number of rotatable bonds is 13. The minimum Gasteiger partial charge on any atom is -0.507 e. The molecule has 3 rings (SSSR count). The van der Waals surface area contributed by atoms with Gasteiger partial charge in [-0.05, 0) is 62.4 Å². The third kappa shape index (κ3) is 7.71. The van der Waals surface area contributed by atoms with Gasteiger partial charge in [0.15, 0.2) is 5.78 Å². The number of furan rings is 1. The highest BCUT2D eigenvalue weighted by Gasteiger charge is 2.22. The van der Waals surface area contributed by atoms with Crippen LogP contribution in [0.4, 0.5) is 4.79 Å². The topological polar surface area (TPSA) is 130 Å². The number of carbonyl (C=O) groups is 2. The second kappa shape index (κ2) is 13.5. The van der Waals surface area contributed by atoms with Gasteiger partial charge in [0.1, 0.15) is 28.4 Å². The molecule has 1 unspecified atom stereocenters. The van der Waals surface area contributed by atoms with Crippen LogP contribution in [0.15, 0.2) is 61.8 Å². The lowest BCUT2D eigenvalue weighted by Crippen LogP contribution is -2.16. The summed E-state index contributed by atoms with van der Waals surface area (Å²) in [7, 11) is 0. The molecule has 0 aliphatic rings. The highest BCUT2D eigenvalue weighted by molar-refractivity contribution is 6.12. The lowest BCUT2D eigenvalue weighted by molar-refractivity contribution is 0.102. The molecule has 0 fully saturated rings. The van der Waals surface area contributed by atoms with E-state index in [1.165, 1.54) is 37.1 Å². The van der Waals surface area contributed by atoms with Crippen LogP contribution in [-0.4, -0.2) is 22.1 Å². The first-order valence-electron chi connectivity index (χ1n) is 13.0. The van der Waals surface area contributed by atoms with Crippen molar-refractivity contribution < 1.29 is 28.6 Å². The van der Waals surface area contributed by atoms with Gasteiger partial charge in [0, 0.05) is 29.1 Å². The van der Waals surface area contributed by atoms with Gasteiger partial charge in [-0.1, -0.05) is 45.3 Å². The second-order valence-corrected chi connectivity index (χ2v) is 9.51. The van der Waals surface area contributed by atoms with Crippen molar-refractivity contribution in [3.05, 3.63) is 81.2 Å². The van der Waals surface area contributed by atoms with Crippen LogP contribution >= 0.6 is 0 Å². The number of nitrogens with one attached hydrogen (secondary N) is 1.